The maximum absolute atomic E-state index is 5.76. The molecule has 0 heterocycles. The first kappa shape index (κ1) is 16.0. The van der Waals surface area contributed by atoms with Gasteiger partial charge in [0.2, 0.25) is 0 Å². The predicted molar refractivity (Wildman–Crippen MR) is 81.8 cm³/mol. The monoisotopic (exact) mass is 264 g/mol. The van der Waals surface area contributed by atoms with Crippen molar-refractivity contribution in [3.8, 4) is 5.75 Å². The summed E-state index contributed by atoms with van der Waals surface area (Å²) in [5.41, 5.74) is 8.34. The van der Waals surface area contributed by atoms with Crippen LogP contribution in [0.2, 0.25) is 0 Å². The van der Waals surface area contributed by atoms with Gasteiger partial charge in [-0.05, 0) is 58.3 Å². The second-order valence-electron chi connectivity index (χ2n) is 5.49. The smallest absolute Gasteiger partial charge is 0.122 e. The summed E-state index contributed by atoms with van der Waals surface area (Å²) in [6, 6.07) is 6.68. The Morgan fingerprint density at radius 3 is 2.68 bits per heavy atom. The first-order valence-corrected chi connectivity index (χ1v) is 7.10. The molecule has 0 spiro atoms. The van der Waals surface area contributed by atoms with Crippen molar-refractivity contribution >= 4 is 0 Å². The van der Waals surface area contributed by atoms with Gasteiger partial charge in [0.25, 0.3) is 0 Å². The minimum Gasteiger partial charge on any atom is -0.496 e. The minimum absolute atomic E-state index is 0.310. The Balaban J connectivity index is 2.41. The van der Waals surface area contributed by atoms with Crippen molar-refractivity contribution in [2.45, 2.75) is 39.2 Å². The SMILES string of the molecule is COc1ccc(C)cc1CCN(C)CCCC(C)N. The summed E-state index contributed by atoms with van der Waals surface area (Å²) in [4.78, 5) is 2.37. The van der Waals surface area contributed by atoms with Crippen LogP contribution in [0, 0.1) is 6.92 Å². The van der Waals surface area contributed by atoms with Crippen LogP contribution < -0.4 is 10.5 Å². The Bertz CT molecular complexity index is 377. The quantitative estimate of drug-likeness (QED) is 0.784. The molecule has 1 rings (SSSR count). The lowest BCUT2D eigenvalue weighted by Gasteiger charge is -2.18. The third-order valence-electron chi connectivity index (χ3n) is 3.40. The summed E-state index contributed by atoms with van der Waals surface area (Å²) >= 11 is 0. The van der Waals surface area contributed by atoms with E-state index in [0.717, 1.165) is 31.7 Å². The molecular formula is C16H28N2O. The summed E-state index contributed by atoms with van der Waals surface area (Å²) in [5.74, 6) is 0.995. The molecular weight excluding hydrogens is 236 g/mol. The molecule has 1 aromatic carbocycles. The molecule has 0 saturated carbocycles. The molecule has 2 N–H and O–H groups in total. The molecule has 1 unspecified atom stereocenters. The number of ether oxygens (including phenoxy) is 1. The lowest BCUT2D eigenvalue weighted by Crippen LogP contribution is -2.24. The molecule has 3 nitrogen and oxygen atoms in total. The maximum atomic E-state index is 5.76. The van der Waals surface area contributed by atoms with Crippen molar-refractivity contribution in [2.24, 2.45) is 5.73 Å². The first-order chi connectivity index (χ1) is 9.02. The number of nitrogens with zero attached hydrogens (tertiary/aromatic N) is 1. The van der Waals surface area contributed by atoms with Gasteiger partial charge in [0, 0.05) is 12.6 Å². The van der Waals surface area contributed by atoms with Gasteiger partial charge in [0.15, 0.2) is 0 Å². The van der Waals surface area contributed by atoms with Gasteiger partial charge < -0.3 is 15.4 Å². The summed E-state index contributed by atoms with van der Waals surface area (Å²) in [6.45, 7) is 6.35. The van der Waals surface area contributed by atoms with Crippen LogP contribution in [0.4, 0.5) is 0 Å². The number of nitrogens with two attached hydrogens (primary N) is 1. The third kappa shape index (κ3) is 6.08. The van der Waals surface area contributed by atoms with Crippen molar-refractivity contribution in [3.05, 3.63) is 29.3 Å². The van der Waals surface area contributed by atoms with Crippen LogP contribution in [0.15, 0.2) is 18.2 Å². The minimum atomic E-state index is 0.310. The predicted octanol–water partition coefficient (Wildman–Crippen LogP) is 2.61. The van der Waals surface area contributed by atoms with E-state index >= 15 is 0 Å². The van der Waals surface area contributed by atoms with Gasteiger partial charge in [-0.2, -0.15) is 0 Å². The van der Waals surface area contributed by atoms with Gasteiger partial charge in [-0.25, -0.2) is 0 Å². The molecule has 1 aromatic rings. The van der Waals surface area contributed by atoms with Crippen molar-refractivity contribution in [2.75, 3.05) is 27.2 Å². The summed E-state index contributed by atoms with van der Waals surface area (Å²) < 4.78 is 5.41. The van der Waals surface area contributed by atoms with Crippen LogP contribution in [0.3, 0.4) is 0 Å². The van der Waals surface area contributed by atoms with Crippen LogP contribution in [-0.2, 0) is 6.42 Å². The fourth-order valence-corrected chi connectivity index (χ4v) is 2.21. The molecule has 3 heteroatoms. The van der Waals surface area contributed by atoms with Crippen molar-refractivity contribution in [1.82, 2.24) is 4.90 Å². The van der Waals surface area contributed by atoms with Gasteiger partial charge in [0.05, 0.1) is 7.11 Å². The van der Waals surface area contributed by atoms with Crippen molar-refractivity contribution in [3.63, 3.8) is 0 Å². The molecule has 0 radical (unpaired) electrons. The molecule has 0 aliphatic carbocycles. The highest BCUT2D eigenvalue weighted by Gasteiger charge is 2.05. The van der Waals surface area contributed by atoms with Crippen LogP contribution >= 0.6 is 0 Å². The van der Waals surface area contributed by atoms with Crippen molar-refractivity contribution < 1.29 is 4.74 Å². The molecule has 108 valence electrons. The number of hydrogen-bond donors (Lipinski definition) is 1. The van der Waals surface area contributed by atoms with E-state index in [1.807, 2.05) is 0 Å². The molecule has 0 aliphatic rings. The number of aryl methyl sites for hydroxylation is 1. The van der Waals surface area contributed by atoms with Gasteiger partial charge in [0.1, 0.15) is 5.75 Å². The van der Waals surface area contributed by atoms with E-state index in [1.165, 1.54) is 17.5 Å². The summed E-state index contributed by atoms with van der Waals surface area (Å²) in [7, 11) is 3.91. The van der Waals surface area contributed by atoms with E-state index in [1.54, 1.807) is 7.11 Å². The number of methoxy groups -OCH3 is 1. The molecule has 0 fully saturated rings. The Labute approximate surface area is 117 Å². The highest BCUT2D eigenvalue weighted by atomic mass is 16.5. The zero-order valence-electron chi connectivity index (χ0n) is 12.8. The fourth-order valence-electron chi connectivity index (χ4n) is 2.21. The molecule has 0 aliphatic heterocycles. The van der Waals surface area contributed by atoms with Crippen LogP contribution in [0.1, 0.15) is 30.9 Å². The molecule has 0 amide bonds. The normalized spacial score (nSPS) is 12.7. The molecule has 0 aromatic heterocycles. The highest BCUT2D eigenvalue weighted by Crippen LogP contribution is 2.20. The Hall–Kier alpha value is -1.06. The molecule has 19 heavy (non-hydrogen) atoms. The van der Waals surface area contributed by atoms with Crippen LogP contribution in [0.25, 0.3) is 0 Å². The topological polar surface area (TPSA) is 38.5 Å². The lowest BCUT2D eigenvalue weighted by molar-refractivity contribution is 0.323. The van der Waals surface area contributed by atoms with E-state index < -0.39 is 0 Å². The highest BCUT2D eigenvalue weighted by molar-refractivity contribution is 5.37. The van der Waals surface area contributed by atoms with E-state index in [0.29, 0.717) is 6.04 Å². The number of rotatable bonds is 8. The van der Waals surface area contributed by atoms with E-state index in [4.69, 9.17) is 10.5 Å². The summed E-state index contributed by atoms with van der Waals surface area (Å²) in [5, 5.41) is 0. The molecule has 0 bridgehead atoms. The zero-order valence-corrected chi connectivity index (χ0v) is 12.8. The van der Waals surface area contributed by atoms with Gasteiger partial charge in [-0.15, -0.1) is 0 Å². The largest absolute Gasteiger partial charge is 0.496 e. The maximum Gasteiger partial charge on any atom is 0.122 e. The second-order valence-corrected chi connectivity index (χ2v) is 5.49. The Morgan fingerprint density at radius 1 is 1.32 bits per heavy atom. The zero-order chi connectivity index (χ0) is 14.3. The summed E-state index contributed by atoms with van der Waals surface area (Å²) in [6.07, 6.45) is 3.29. The average Bonchev–Trinajstić information content (AvgIpc) is 2.36. The number of benzene rings is 1. The van der Waals surface area contributed by atoms with E-state index in [2.05, 4.69) is 44.0 Å². The number of hydrogen-bond acceptors (Lipinski definition) is 3. The van der Waals surface area contributed by atoms with E-state index in [9.17, 15) is 0 Å². The van der Waals surface area contributed by atoms with Crippen molar-refractivity contribution in [1.29, 1.82) is 0 Å². The van der Waals surface area contributed by atoms with Gasteiger partial charge in [-0.3, -0.25) is 0 Å². The molecule has 1 atom stereocenters. The lowest BCUT2D eigenvalue weighted by atomic mass is 10.1. The van der Waals surface area contributed by atoms with E-state index in [-0.39, 0.29) is 0 Å². The van der Waals surface area contributed by atoms with Gasteiger partial charge >= 0.3 is 0 Å². The molecule has 0 saturated heterocycles. The van der Waals surface area contributed by atoms with Crippen LogP contribution in [0.5, 0.6) is 5.75 Å². The third-order valence-corrected chi connectivity index (χ3v) is 3.40. The van der Waals surface area contributed by atoms with Gasteiger partial charge in [-0.1, -0.05) is 17.7 Å². The Morgan fingerprint density at radius 2 is 2.05 bits per heavy atom. The average molecular weight is 264 g/mol. The number of likely N-dealkylation sites (N-methyl/N-ethyl adjacent to an activating group) is 1. The standard InChI is InChI=1S/C16H28N2O/c1-13-7-8-16(19-4)15(12-13)9-11-18(3)10-5-6-14(2)17/h7-8,12,14H,5-6,9-11,17H2,1-4H3. The first-order valence-electron chi connectivity index (χ1n) is 7.10. The Kier molecular flexibility index (Phi) is 6.89. The van der Waals surface area contributed by atoms with Crippen LogP contribution in [-0.4, -0.2) is 38.2 Å². The fraction of sp³-hybridized carbons (Fsp3) is 0.625. The second kappa shape index (κ2) is 8.18.